The van der Waals surface area contributed by atoms with E-state index in [9.17, 15) is 8.78 Å². The van der Waals surface area contributed by atoms with Gasteiger partial charge in [0.05, 0.1) is 0 Å². The maximum absolute atomic E-state index is 13.7. The summed E-state index contributed by atoms with van der Waals surface area (Å²) >= 11 is 0. The zero-order valence-corrected chi connectivity index (χ0v) is 10.5. The van der Waals surface area contributed by atoms with Crippen molar-refractivity contribution in [2.45, 2.75) is 26.8 Å². The van der Waals surface area contributed by atoms with E-state index in [0.29, 0.717) is 5.56 Å². The first kappa shape index (κ1) is 13.1. The molecule has 0 aromatic heterocycles. The van der Waals surface area contributed by atoms with E-state index in [2.05, 4.69) is 0 Å². The Bertz CT molecular complexity index is 367. The standard InChI is InChI=1S/C13H19F2N/c1-13(2,3)12(16(4)5)10-7-6-9(14)8-11(10)15/h6-8,12H,1-5H3. The Morgan fingerprint density at radius 2 is 1.69 bits per heavy atom. The third-order valence-corrected chi connectivity index (χ3v) is 2.59. The molecule has 90 valence electrons. The summed E-state index contributed by atoms with van der Waals surface area (Å²) < 4.78 is 26.6. The molecule has 3 heteroatoms. The first-order valence-electron chi connectivity index (χ1n) is 5.35. The number of hydrogen-bond acceptors (Lipinski definition) is 1. The lowest BCUT2D eigenvalue weighted by Gasteiger charge is -2.36. The minimum atomic E-state index is -0.535. The van der Waals surface area contributed by atoms with E-state index in [4.69, 9.17) is 0 Å². The van der Waals surface area contributed by atoms with Crippen LogP contribution in [0.1, 0.15) is 32.4 Å². The van der Waals surface area contributed by atoms with Gasteiger partial charge in [0.25, 0.3) is 0 Å². The fourth-order valence-electron chi connectivity index (χ4n) is 2.24. The first-order valence-corrected chi connectivity index (χ1v) is 5.35. The Morgan fingerprint density at radius 3 is 2.06 bits per heavy atom. The zero-order valence-electron chi connectivity index (χ0n) is 10.5. The monoisotopic (exact) mass is 227 g/mol. The molecule has 0 N–H and O–H groups in total. The molecule has 16 heavy (non-hydrogen) atoms. The van der Waals surface area contributed by atoms with Gasteiger partial charge in [-0.2, -0.15) is 0 Å². The molecule has 1 atom stereocenters. The lowest BCUT2D eigenvalue weighted by atomic mass is 9.81. The summed E-state index contributed by atoms with van der Waals surface area (Å²) in [5, 5.41) is 0. The van der Waals surface area contributed by atoms with Crippen LogP contribution in [0.25, 0.3) is 0 Å². The van der Waals surface area contributed by atoms with Crippen LogP contribution in [0.15, 0.2) is 18.2 Å². The molecule has 0 aliphatic heterocycles. The van der Waals surface area contributed by atoms with Crippen molar-refractivity contribution in [3.8, 4) is 0 Å². The van der Waals surface area contributed by atoms with Crippen molar-refractivity contribution < 1.29 is 8.78 Å². The highest BCUT2D eigenvalue weighted by atomic mass is 19.1. The number of rotatable bonds is 2. The number of nitrogens with zero attached hydrogens (tertiary/aromatic N) is 1. The molecule has 0 spiro atoms. The van der Waals surface area contributed by atoms with E-state index >= 15 is 0 Å². The summed E-state index contributed by atoms with van der Waals surface area (Å²) in [6.07, 6.45) is 0. The molecule has 0 aliphatic rings. The minimum absolute atomic E-state index is 0.0758. The highest BCUT2D eigenvalue weighted by Gasteiger charge is 2.30. The third kappa shape index (κ3) is 2.79. The van der Waals surface area contributed by atoms with Crippen molar-refractivity contribution >= 4 is 0 Å². The van der Waals surface area contributed by atoms with Crippen LogP contribution < -0.4 is 0 Å². The van der Waals surface area contributed by atoms with Gasteiger partial charge in [-0.05, 0) is 25.6 Å². The van der Waals surface area contributed by atoms with E-state index in [1.54, 1.807) is 0 Å². The maximum atomic E-state index is 13.7. The van der Waals surface area contributed by atoms with Crippen LogP contribution in [0.5, 0.6) is 0 Å². The Hall–Kier alpha value is -0.960. The van der Waals surface area contributed by atoms with Crippen molar-refractivity contribution in [2.75, 3.05) is 14.1 Å². The number of benzene rings is 1. The van der Waals surface area contributed by atoms with Gasteiger partial charge in [-0.3, -0.25) is 0 Å². The van der Waals surface area contributed by atoms with Gasteiger partial charge in [0, 0.05) is 17.7 Å². The summed E-state index contributed by atoms with van der Waals surface area (Å²) in [7, 11) is 3.80. The Balaban J connectivity index is 3.22. The second-order valence-corrected chi connectivity index (χ2v) is 5.40. The number of halogens is 2. The van der Waals surface area contributed by atoms with Crippen LogP contribution in [0.4, 0.5) is 8.78 Å². The topological polar surface area (TPSA) is 3.24 Å². The van der Waals surface area contributed by atoms with Crippen LogP contribution in [-0.2, 0) is 0 Å². The van der Waals surface area contributed by atoms with E-state index in [1.807, 2.05) is 39.8 Å². The molecule has 0 heterocycles. The van der Waals surface area contributed by atoms with Crippen molar-refractivity contribution in [1.82, 2.24) is 4.90 Å². The second-order valence-electron chi connectivity index (χ2n) is 5.40. The van der Waals surface area contributed by atoms with E-state index in [1.165, 1.54) is 12.1 Å². The largest absolute Gasteiger partial charge is 0.302 e. The average Bonchev–Trinajstić information content (AvgIpc) is 2.06. The molecule has 0 aliphatic carbocycles. The Morgan fingerprint density at radius 1 is 1.12 bits per heavy atom. The van der Waals surface area contributed by atoms with Crippen molar-refractivity contribution in [1.29, 1.82) is 0 Å². The van der Waals surface area contributed by atoms with E-state index in [-0.39, 0.29) is 11.5 Å². The quantitative estimate of drug-likeness (QED) is 0.746. The van der Waals surface area contributed by atoms with Crippen molar-refractivity contribution in [3.63, 3.8) is 0 Å². The van der Waals surface area contributed by atoms with Gasteiger partial charge in [0.2, 0.25) is 0 Å². The minimum Gasteiger partial charge on any atom is -0.302 e. The molecule has 0 fully saturated rings. The van der Waals surface area contributed by atoms with Gasteiger partial charge in [0.1, 0.15) is 11.6 Å². The molecule has 1 unspecified atom stereocenters. The molecular formula is C13H19F2N. The van der Waals surface area contributed by atoms with Crippen molar-refractivity contribution in [3.05, 3.63) is 35.4 Å². The molecular weight excluding hydrogens is 208 g/mol. The number of hydrogen-bond donors (Lipinski definition) is 0. The smallest absolute Gasteiger partial charge is 0.130 e. The highest BCUT2D eigenvalue weighted by molar-refractivity contribution is 5.23. The average molecular weight is 227 g/mol. The molecule has 1 aromatic rings. The van der Waals surface area contributed by atoms with Crippen LogP contribution in [0, 0.1) is 17.0 Å². The molecule has 1 aromatic carbocycles. The van der Waals surface area contributed by atoms with Gasteiger partial charge < -0.3 is 4.90 Å². The fraction of sp³-hybridized carbons (Fsp3) is 0.538. The lowest BCUT2D eigenvalue weighted by Crippen LogP contribution is -2.32. The second kappa shape index (κ2) is 4.50. The predicted molar refractivity (Wildman–Crippen MR) is 62.2 cm³/mol. The molecule has 0 amide bonds. The van der Waals surface area contributed by atoms with Crippen LogP contribution in [0.2, 0.25) is 0 Å². The summed E-state index contributed by atoms with van der Waals surface area (Å²) in [6.45, 7) is 6.13. The zero-order chi connectivity index (χ0) is 12.5. The Labute approximate surface area is 96.1 Å². The SMILES string of the molecule is CN(C)C(c1ccc(F)cc1F)C(C)(C)C. The molecule has 1 rings (SSSR count). The van der Waals surface area contributed by atoms with Gasteiger partial charge in [-0.1, -0.05) is 26.8 Å². The molecule has 0 bridgehead atoms. The van der Waals surface area contributed by atoms with Crippen LogP contribution >= 0.6 is 0 Å². The predicted octanol–water partition coefficient (Wildman–Crippen LogP) is 3.61. The van der Waals surface area contributed by atoms with E-state index in [0.717, 1.165) is 6.07 Å². The van der Waals surface area contributed by atoms with Gasteiger partial charge >= 0.3 is 0 Å². The molecule has 0 saturated carbocycles. The van der Waals surface area contributed by atoms with Gasteiger partial charge in [0.15, 0.2) is 0 Å². The summed E-state index contributed by atoms with van der Waals surface area (Å²) in [5.74, 6) is -1.01. The van der Waals surface area contributed by atoms with Gasteiger partial charge in [-0.15, -0.1) is 0 Å². The summed E-state index contributed by atoms with van der Waals surface area (Å²) in [6, 6.07) is 3.70. The lowest BCUT2D eigenvalue weighted by molar-refractivity contribution is 0.149. The highest BCUT2D eigenvalue weighted by Crippen LogP contribution is 2.37. The third-order valence-electron chi connectivity index (χ3n) is 2.59. The normalized spacial score (nSPS) is 14.2. The molecule has 0 radical (unpaired) electrons. The van der Waals surface area contributed by atoms with E-state index < -0.39 is 11.6 Å². The van der Waals surface area contributed by atoms with Crippen LogP contribution in [-0.4, -0.2) is 19.0 Å². The van der Waals surface area contributed by atoms with Crippen LogP contribution in [0.3, 0.4) is 0 Å². The maximum Gasteiger partial charge on any atom is 0.130 e. The first-order chi connectivity index (χ1) is 7.23. The summed E-state index contributed by atoms with van der Waals surface area (Å²) in [4.78, 5) is 1.95. The van der Waals surface area contributed by atoms with Crippen molar-refractivity contribution in [2.24, 2.45) is 5.41 Å². The molecule has 0 saturated heterocycles. The van der Waals surface area contributed by atoms with Gasteiger partial charge in [-0.25, -0.2) is 8.78 Å². The fourth-order valence-corrected chi connectivity index (χ4v) is 2.24. The molecule has 1 nitrogen and oxygen atoms in total. The summed E-state index contributed by atoms with van der Waals surface area (Å²) in [5.41, 5.74) is 0.432. The Kier molecular flexibility index (Phi) is 3.68.